The SMILES string of the molecule is COc1ccc(CN(c2ccc(OC)c(OC)c2)S(=O)(=O)c2cccc(F)c2)cc1OC. The zero-order chi connectivity index (χ0) is 23.3. The van der Waals surface area contributed by atoms with E-state index in [0.29, 0.717) is 34.2 Å². The topological polar surface area (TPSA) is 74.3 Å². The largest absolute Gasteiger partial charge is 0.493 e. The first-order chi connectivity index (χ1) is 15.3. The maximum Gasteiger partial charge on any atom is 0.264 e. The Bertz CT molecular complexity index is 1200. The van der Waals surface area contributed by atoms with Crippen LogP contribution in [0.1, 0.15) is 5.56 Å². The van der Waals surface area contributed by atoms with E-state index in [9.17, 15) is 12.8 Å². The molecule has 0 unspecified atom stereocenters. The molecule has 0 heterocycles. The van der Waals surface area contributed by atoms with Crippen molar-refractivity contribution >= 4 is 15.7 Å². The molecule has 0 amide bonds. The van der Waals surface area contributed by atoms with Gasteiger partial charge in [-0.15, -0.1) is 0 Å². The zero-order valence-corrected chi connectivity index (χ0v) is 19.0. The molecule has 0 aliphatic rings. The number of anilines is 1. The van der Waals surface area contributed by atoms with Gasteiger partial charge in [0.25, 0.3) is 10.0 Å². The molecule has 0 aliphatic carbocycles. The molecule has 3 rings (SSSR count). The Morgan fingerprint density at radius 1 is 0.750 bits per heavy atom. The molecular weight excluding hydrogens is 437 g/mol. The van der Waals surface area contributed by atoms with Crippen LogP contribution >= 0.6 is 0 Å². The number of hydrogen-bond acceptors (Lipinski definition) is 6. The van der Waals surface area contributed by atoms with Gasteiger partial charge in [0, 0.05) is 6.07 Å². The van der Waals surface area contributed by atoms with E-state index < -0.39 is 15.8 Å². The summed E-state index contributed by atoms with van der Waals surface area (Å²) in [6.45, 7) is -0.0469. The van der Waals surface area contributed by atoms with Crippen molar-refractivity contribution in [3.63, 3.8) is 0 Å². The molecule has 9 heteroatoms. The summed E-state index contributed by atoms with van der Waals surface area (Å²) in [7, 11) is 1.83. The molecule has 0 bridgehead atoms. The van der Waals surface area contributed by atoms with Gasteiger partial charge in [-0.25, -0.2) is 12.8 Å². The first-order valence-corrected chi connectivity index (χ1v) is 11.0. The molecule has 0 saturated heterocycles. The number of halogens is 1. The van der Waals surface area contributed by atoms with Gasteiger partial charge in [-0.2, -0.15) is 0 Å². The molecule has 0 aliphatic heterocycles. The second-order valence-corrected chi connectivity index (χ2v) is 8.56. The Hall–Kier alpha value is -3.46. The number of rotatable bonds is 9. The summed E-state index contributed by atoms with van der Waals surface area (Å²) in [5, 5.41) is 0. The monoisotopic (exact) mass is 461 g/mol. The number of hydrogen-bond donors (Lipinski definition) is 0. The Balaban J connectivity index is 2.14. The van der Waals surface area contributed by atoms with Crippen LogP contribution in [-0.2, 0) is 16.6 Å². The minimum atomic E-state index is -4.13. The molecule has 3 aromatic carbocycles. The third-order valence-electron chi connectivity index (χ3n) is 4.81. The van der Waals surface area contributed by atoms with Gasteiger partial charge in [0.05, 0.1) is 45.6 Å². The van der Waals surface area contributed by atoms with Crippen LogP contribution < -0.4 is 23.3 Å². The lowest BCUT2D eigenvalue weighted by Crippen LogP contribution is -2.30. The van der Waals surface area contributed by atoms with Gasteiger partial charge in [0.1, 0.15) is 5.82 Å². The first-order valence-electron chi connectivity index (χ1n) is 9.55. The summed E-state index contributed by atoms with van der Waals surface area (Å²) in [6, 6.07) is 14.7. The molecule has 32 heavy (non-hydrogen) atoms. The average Bonchev–Trinajstić information content (AvgIpc) is 2.81. The molecule has 0 N–H and O–H groups in total. The number of ether oxygens (including phenoxy) is 4. The van der Waals surface area contributed by atoms with Gasteiger partial charge in [-0.3, -0.25) is 4.31 Å². The highest BCUT2D eigenvalue weighted by atomic mass is 32.2. The molecule has 3 aromatic rings. The summed E-state index contributed by atoms with van der Waals surface area (Å²) in [4.78, 5) is -0.173. The molecule has 170 valence electrons. The number of methoxy groups -OCH3 is 4. The molecule has 0 radical (unpaired) electrons. The van der Waals surface area contributed by atoms with Crippen LogP contribution in [0.4, 0.5) is 10.1 Å². The molecule has 0 atom stereocenters. The average molecular weight is 462 g/mol. The Morgan fingerprint density at radius 3 is 1.94 bits per heavy atom. The normalized spacial score (nSPS) is 11.0. The van der Waals surface area contributed by atoms with E-state index in [1.54, 1.807) is 36.4 Å². The molecular formula is C23H24FNO6S. The van der Waals surface area contributed by atoms with Crippen molar-refractivity contribution in [1.29, 1.82) is 0 Å². The second-order valence-electron chi connectivity index (χ2n) is 6.70. The van der Waals surface area contributed by atoms with Crippen LogP contribution in [0.25, 0.3) is 0 Å². The highest BCUT2D eigenvalue weighted by Gasteiger charge is 2.27. The number of benzene rings is 3. The van der Waals surface area contributed by atoms with E-state index in [4.69, 9.17) is 18.9 Å². The van der Waals surface area contributed by atoms with Crippen molar-refractivity contribution in [2.24, 2.45) is 0 Å². The molecule has 0 spiro atoms. The predicted molar refractivity (Wildman–Crippen MR) is 119 cm³/mol. The fourth-order valence-electron chi connectivity index (χ4n) is 3.19. The van der Waals surface area contributed by atoms with E-state index in [2.05, 4.69) is 0 Å². The lowest BCUT2D eigenvalue weighted by atomic mass is 10.2. The van der Waals surface area contributed by atoms with Gasteiger partial charge in [-0.1, -0.05) is 12.1 Å². The van der Waals surface area contributed by atoms with Crippen LogP contribution in [0.5, 0.6) is 23.0 Å². The third kappa shape index (κ3) is 4.72. The van der Waals surface area contributed by atoms with E-state index in [0.717, 1.165) is 6.07 Å². The Morgan fingerprint density at radius 2 is 1.34 bits per heavy atom. The number of nitrogens with zero attached hydrogens (tertiary/aromatic N) is 1. The van der Waals surface area contributed by atoms with E-state index >= 15 is 0 Å². The fourth-order valence-corrected chi connectivity index (χ4v) is 4.67. The van der Waals surface area contributed by atoms with Gasteiger partial charge >= 0.3 is 0 Å². The van der Waals surface area contributed by atoms with E-state index in [1.165, 1.54) is 50.9 Å². The van der Waals surface area contributed by atoms with Crippen LogP contribution in [0.15, 0.2) is 65.6 Å². The summed E-state index contributed by atoms with van der Waals surface area (Å²) in [5.41, 5.74) is 0.958. The summed E-state index contributed by atoms with van der Waals surface area (Å²) < 4.78 is 63.3. The molecule has 0 aromatic heterocycles. The quantitative estimate of drug-likeness (QED) is 0.474. The predicted octanol–water partition coefficient (Wildman–Crippen LogP) is 4.26. The van der Waals surface area contributed by atoms with Crippen molar-refractivity contribution in [2.75, 3.05) is 32.7 Å². The third-order valence-corrected chi connectivity index (χ3v) is 6.58. The van der Waals surface area contributed by atoms with Crippen LogP contribution in [0.2, 0.25) is 0 Å². The lowest BCUT2D eigenvalue weighted by Gasteiger charge is -2.26. The maximum absolute atomic E-state index is 13.8. The smallest absolute Gasteiger partial charge is 0.264 e. The second kappa shape index (κ2) is 9.78. The Kier molecular flexibility index (Phi) is 7.09. The van der Waals surface area contributed by atoms with Crippen LogP contribution in [-0.4, -0.2) is 36.9 Å². The van der Waals surface area contributed by atoms with E-state index in [-0.39, 0.29) is 11.4 Å². The van der Waals surface area contributed by atoms with Crippen molar-refractivity contribution in [2.45, 2.75) is 11.4 Å². The van der Waals surface area contributed by atoms with Crippen molar-refractivity contribution < 1.29 is 31.8 Å². The molecule has 0 saturated carbocycles. The van der Waals surface area contributed by atoms with E-state index in [1.807, 2.05) is 0 Å². The maximum atomic E-state index is 13.8. The zero-order valence-electron chi connectivity index (χ0n) is 18.2. The van der Waals surface area contributed by atoms with Gasteiger partial charge < -0.3 is 18.9 Å². The standard InChI is InChI=1S/C23H24FNO6S/c1-28-20-10-8-16(12-22(20)30-3)15-25(18-9-11-21(29-2)23(14-18)31-4)32(26,27)19-7-5-6-17(24)13-19/h5-14H,15H2,1-4H3. The van der Waals surface area contributed by atoms with Gasteiger partial charge in [0.2, 0.25) is 0 Å². The highest BCUT2D eigenvalue weighted by Crippen LogP contribution is 2.36. The fraction of sp³-hybridized carbons (Fsp3) is 0.217. The summed E-state index contributed by atoms with van der Waals surface area (Å²) in [5.74, 6) is 1.13. The summed E-state index contributed by atoms with van der Waals surface area (Å²) in [6.07, 6.45) is 0. The van der Waals surface area contributed by atoms with Crippen LogP contribution in [0.3, 0.4) is 0 Å². The molecule has 7 nitrogen and oxygen atoms in total. The Labute approximate surface area is 187 Å². The minimum Gasteiger partial charge on any atom is -0.493 e. The van der Waals surface area contributed by atoms with Gasteiger partial charge in [-0.05, 0) is 48.0 Å². The summed E-state index contributed by atoms with van der Waals surface area (Å²) >= 11 is 0. The minimum absolute atomic E-state index is 0.0469. The van der Waals surface area contributed by atoms with Crippen LogP contribution in [0, 0.1) is 5.82 Å². The first kappa shape index (κ1) is 23.2. The molecule has 0 fully saturated rings. The van der Waals surface area contributed by atoms with Crippen molar-refractivity contribution in [3.8, 4) is 23.0 Å². The van der Waals surface area contributed by atoms with Crippen molar-refractivity contribution in [3.05, 3.63) is 72.0 Å². The lowest BCUT2D eigenvalue weighted by molar-refractivity contribution is 0.354. The number of sulfonamides is 1. The van der Waals surface area contributed by atoms with Gasteiger partial charge in [0.15, 0.2) is 23.0 Å². The highest BCUT2D eigenvalue weighted by molar-refractivity contribution is 7.92. The van der Waals surface area contributed by atoms with Crippen molar-refractivity contribution in [1.82, 2.24) is 0 Å².